The Bertz CT molecular complexity index is 727. The van der Waals surface area contributed by atoms with Gasteiger partial charge in [-0.05, 0) is 42.3 Å². The van der Waals surface area contributed by atoms with Gasteiger partial charge in [0.25, 0.3) is 0 Å². The van der Waals surface area contributed by atoms with Gasteiger partial charge in [-0.1, -0.05) is 24.3 Å². The van der Waals surface area contributed by atoms with Crippen molar-refractivity contribution in [3.05, 3.63) is 59.7 Å². The Hall–Kier alpha value is -3.02. The molecule has 144 valence electrons. The van der Waals surface area contributed by atoms with Crippen molar-refractivity contribution in [1.29, 1.82) is 0 Å². The SMILES string of the molecule is CCOc1ccc(CC(=O)NCCNC(=O)Cc2ccc(OC)cc2)cc1. The van der Waals surface area contributed by atoms with Gasteiger partial charge in [-0.15, -0.1) is 0 Å². The van der Waals surface area contributed by atoms with Gasteiger partial charge in [-0.25, -0.2) is 0 Å². The van der Waals surface area contributed by atoms with E-state index in [-0.39, 0.29) is 11.8 Å². The Morgan fingerprint density at radius 2 is 1.22 bits per heavy atom. The van der Waals surface area contributed by atoms with Crippen molar-refractivity contribution in [1.82, 2.24) is 10.6 Å². The van der Waals surface area contributed by atoms with Crippen LogP contribution < -0.4 is 20.1 Å². The summed E-state index contributed by atoms with van der Waals surface area (Å²) >= 11 is 0. The van der Waals surface area contributed by atoms with Crippen LogP contribution in [0.25, 0.3) is 0 Å². The topological polar surface area (TPSA) is 76.7 Å². The highest BCUT2D eigenvalue weighted by atomic mass is 16.5. The summed E-state index contributed by atoms with van der Waals surface area (Å²) in [6.07, 6.45) is 0.594. The van der Waals surface area contributed by atoms with Crippen LogP contribution in [0.2, 0.25) is 0 Å². The number of hydrogen-bond acceptors (Lipinski definition) is 4. The van der Waals surface area contributed by atoms with Crippen LogP contribution in [0.4, 0.5) is 0 Å². The number of ether oxygens (including phenoxy) is 2. The number of nitrogens with one attached hydrogen (secondary N) is 2. The maximum absolute atomic E-state index is 12.0. The smallest absolute Gasteiger partial charge is 0.224 e. The minimum Gasteiger partial charge on any atom is -0.497 e. The summed E-state index contributed by atoms with van der Waals surface area (Å²) in [5, 5.41) is 5.60. The normalized spacial score (nSPS) is 10.1. The van der Waals surface area contributed by atoms with Crippen LogP contribution in [0.5, 0.6) is 11.5 Å². The van der Waals surface area contributed by atoms with Crippen molar-refractivity contribution in [2.75, 3.05) is 26.8 Å². The third-order valence-corrected chi connectivity index (χ3v) is 3.89. The Balaban J connectivity index is 1.63. The molecule has 0 saturated carbocycles. The molecule has 0 heterocycles. The fourth-order valence-corrected chi connectivity index (χ4v) is 2.51. The van der Waals surface area contributed by atoms with Crippen LogP contribution >= 0.6 is 0 Å². The highest BCUT2D eigenvalue weighted by molar-refractivity contribution is 5.79. The molecule has 2 rings (SSSR count). The van der Waals surface area contributed by atoms with E-state index in [0.717, 1.165) is 22.6 Å². The van der Waals surface area contributed by atoms with Crippen LogP contribution in [0, 0.1) is 0 Å². The van der Waals surface area contributed by atoms with Gasteiger partial charge in [-0.3, -0.25) is 9.59 Å². The molecule has 0 aromatic heterocycles. The first kappa shape index (κ1) is 20.3. The number of rotatable bonds is 10. The molecule has 0 bridgehead atoms. The Kier molecular flexibility index (Phi) is 8.16. The largest absolute Gasteiger partial charge is 0.497 e. The second-order valence-electron chi connectivity index (χ2n) is 5.98. The molecular formula is C21H26N2O4. The zero-order valence-corrected chi connectivity index (χ0v) is 15.8. The highest BCUT2D eigenvalue weighted by Gasteiger charge is 2.05. The first-order valence-electron chi connectivity index (χ1n) is 8.98. The van der Waals surface area contributed by atoms with E-state index in [1.165, 1.54) is 0 Å². The Morgan fingerprint density at radius 1 is 0.778 bits per heavy atom. The number of amides is 2. The molecule has 0 radical (unpaired) electrons. The third-order valence-electron chi connectivity index (χ3n) is 3.89. The van der Waals surface area contributed by atoms with E-state index >= 15 is 0 Å². The number of methoxy groups -OCH3 is 1. The van der Waals surface area contributed by atoms with E-state index in [2.05, 4.69) is 10.6 Å². The summed E-state index contributed by atoms with van der Waals surface area (Å²) in [7, 11) is 1.60. The number of hydrogen-bond donors (Lipinski definition) is 2. The van der Waals surface area contributed by atoms with E-state index in [4.69, 9.17) is 9.47 Å². The predicted octanol–water partition coefficient (Wildman–Crippen LogP) is 2.11. The molecule has 6 nitrogen and oxygen atoms in total. The molecule has 6 heteroatoms. The highest BCUT2D eigenvalue weighted by Crippen LogP contribution is 2.12. The summed E-state index contributed by atoms with van der Waals surface area (Å²) < 4.78 is 10.5. The molecule has 0 atom stereocenters. The van der Waals surface area contributed by atoms with E-state index in [9.17, 15) is 9.59 Å². The summed E-state index contributed by atoms with van der Waals surface area (Å²) in [6, 6.07) is 14.8. The number of benzene rings is 2. The number of carbonyl (C=O) groups excluding carboxylic acids is 2. The van der Waals surface area contributed by atoms with Crippen molar-refractivity contribution in [3.8, 4) is 11.5 Å². The van der Waals surface area contributed by atoms with Crippen LogP contribution in [-0.4, -0.2) is 38.6 Å². The molecule has 2 aromatic carbocycles. The maximum Gasteiger partial charge on any atom is 0.224 e. The summed E-state index contributed by atoms with van der Waals surface area (Å²) in [4.78, 5) is 23.9. The second-order valence-corrected chi connectivity index (χ2v) is 5.98. The van der Waals surface area contributed by atoms with Crippen LogP contribution in [0.3, 0.4) is 0 Å². The summed E-state index contributed by atoms with van der Waals surface area (Å²) in [5.41, 5.74) is 1.83. The molecular weight excluding hydrogens is 344 g/mol. The zero-order chi connectivity index (χ0) is 19.5. The molecule has 0 aliphatic carbocycles. The Labute approximate surface area is 159 Å². The van der Waals surface area contributed by atoms with Gasteiger partial charge in [-0.2, -0.15) is 0 Å². The molecule has 0 fully saturated rings. The lowest BCUT2D eigenvalue weighted by Gasteiger charge is -2.08. The molecule has 0 aliphatic heterocycles. The monoisotopic (exact) mass is 370 g/mol. The summed E-state index contributed by atoms with van der Waals surface area (Å²) in [5.74, 6) is 1.39. The first-order chi connectivity index (χ1) is 13.1. The van der Waals surface area contributed by atoms with Crippen molar-refractivity contribution in [2.45, 2.75) is 19.8 Å². The van der Waals surface area contributed by atoms with Crippen molar-refractivity contribution in [3.63, 3.8) is 0 Å². The van der Waals surface area contributed by atoms with Gasteiger partial charge in [0.05, 0.1) is 26.6 Å². The lowest BCUT2D eigenvalue weighted by Crippen LogP contribution is -2.35. The van der Waals surface area contributed by atoms with Gasteiger partial charge in [0.2, 0.25) is 11.8 Å². The molecule has 2 amide bonds. The molecule has 0 aliphatic rings. The van der Waals surface area contributed by atoms with Crippen LogP contribution in [0.1, 0.15) is 18.1 Å². The average Bonchev–Trinajstić information content (AvgIpc) is 2.68. The molecule has 2 aromatic rings. The van der Waals surface area contributed by atoms with E-state index in [1.807, 2.05) is 55.5 Å². The predicted molar refractivity (Wildman–Crippen MR) is 104 cm³/mol. The quantitative estimate of drug-likeness (QED) is 0.628. The van der Waals surface area contributed by atoms with Crippen molar-refractivity contribution < 1.29 is 19.1 Å². The maximum atomic E-state index is 12.0. The van der Waals surface area contributed by atoms with Gasteiger partial charge in [0.15, 0.2) is 0 Å². The lowest BCUT2D eigenvalue weighted by molar-refractivity contribution is -0.122. The van der Waals surface area contributed by atoms with Gasteiger partial charge in [0.1, 0.15) is 11.5 Å². The van der Waals surface area contributed by atoms with Crippen LogP contribution in [-0.2, 0) is 22.4 Å². The summed E-state index contributed by atoms with van der Waals surface area (Å²) in [6.45, 7) is 3.33. The van der Waals surface area contributed by atoms with E-state index < -0.39 is 0 Å². The molecule has 2 N–H and O–H groups in total. The van der Waals surface area contributed by atoms with E-state index in [0.29, 0.717) is 32.5 Å². The molecule has 0 spiro atoms. The van der Waals surface area contributed by atoms with Gasteiger partial charge in [0, 0.05) is 13.1 Å². The second kappa shape index (κ2) is 10.9. The lowest BCUT2D eigenvalue weighted by atomic mass is 10.1. The molecule has 0 saturated heterocycles. The van der Waals surface area contributed by atoms with Gasteiger partial charge >= 0.3 is 0 Å². The minimum absolute atomic E-state index is 0.0800. The minimum atomic E-state index is -0.0825. The zero-order valence-electron chi connectivity index (χ0n) is 15.8. The van der Waals surface area contributed by atoms with Crippen LogP contribution in [0.15, 0.2) is 48.5 Å². The van der Waals surface area contributed by atoms with Crippen molar-refractivity contribution in [2.24, 2.45) is 0 Å². The van der Waals surface area contributed by atoms with E-state index in [1.54, 1.807) is 7.11 Å². The fraction of sp³-hybridized carbons (Fsp3) is 0.333. The Morgan fingerprint density at radius 3 is 1.63 bits per heavy atom. The molecule has 27 heavy (non-hydrogen) atoms. The fourth-order valence-electron chi connectivity index (χ4n) is 2.51. The number of carbonyl (C=O) groups is 2. The third kappa shape index (κ3) is 7.40. The van der Waals surface area contributed by atoms with Crippen molar-refractivity contribution >= 4 is 11.8 Å². The standard InChI is InChI=1S/C21H26N2O4/c1-3-27-19-10-6-17(7-11-19)15-21(25)23-13-12-22-20(24)14-16-4-8-18(26-2)9-5-16/h4-11H,3,12-15H2,1-2H3,(H,22,24)(H,23,25). The average molecular weight is 370 g/mol. The molecule has 0 unspecified atom stereocenters. The van der Waals surface area contributed by atoms with Gasteiger partial charge < -0.3 is 20.1 Å². The first-order valence-corrected chi connectivity index (χ1v) is 8.98.